The lowest BCUT2D eigenvalue weighted by Crippen LogP contribution is -2.54. The van der Waals surface area contributed by atoms with Crippen molar-refractivity contribution in [2.75, 3.05) is 39.3 Å². The average molecular weight is 279 g/mol. The van der Waals surface area contributed by atoms with Crippen molar-refractivity contribution in [3.63, 3.8) is 0 Å². The zero-order valence-electron chi connectivity index (χ0n) is 12.0. The molecule has 0 spiro atoms. The lowest BCUT2D eigenvalue weighted by Gasteiger charge is -2.36. The molecule has 1 aliphatic rings. The van der Waals surface area contributed by atoms with Gasteiger partial charge in [0.25, 0.3) is 5.91 Å². The Morgan fingerprint density at radius 2 is 1.75 bits per heavy atom. The number of nitrogens with zero attached hydrogens (tertiary/aromatic N) is 3. The standard InChI is InChI=1S/C14H21N3O3/c1-3-15(4-2)14(19)17-9-7-16(8-10-17)13(18)12-6-5-11-20-12/h5-6,11H,3-4,7-10H2,1-2H3. The molecule has 2 heterocycles. The number of urea groups is 1. The van der Waals surface area contributed by atoms with Gasteiger partial charge in [-0.05, 0) is 26.0 Å². The maximum atomic E-state index is 12.2. The minimum atomic E-state index is -0.107. The largest absolute Gasteiger partial charge is 0.459 e. The van der Waals surface area contributed by atoms with Gasteiger partial charge in [-0.1, -0.05) is 0 Å². The lowest BCUT2D eigenvalue weighted by molar-refractivity contribution is 0.0612. The molecule has 1 aromatic heterocycles. The molecule has 0 saturated carbocycles. The molecule has 0 N–H and O–H groups in total. The van der Waals surface area contributed by atoms with E-state index in [0.717, 1.165) is 0 Å². The van der Waals surface area contributed by atoms with Gasteiger partial charge in [0.1, 0.15) is 0 Å². The lowest BCUT2D eigenvalue weighted by atomic mass is 10.3. The van der Waals surface area contributed by atoms with E-state index in [1.165, 1.54) is 6.26 Å². The molecule has 0 aliphatic carbocycles. The quantitative estimate of drug-likeness (QED) is 0.842. The second kappa shape index (κ2) is 6.45. The van der Waals surface area contributed by atoms with Crippen molar-refractivity contribution in [3.8, 4) is 0 Å². The van der Waals surface area contributed by atoms with Gasteiger partial charge in [-0.2, -0.15) is 0 Å². The normalized spacial score (nSPS) is 15.3. The maximum absolute atomic E-state index is 12.2. The Morgan fingerprint density at radius 3 is 2.25 bits per heavy atom. The Kier molecular flexibility index (Phi) is 4.65. The fraction of sp³-hybridized carbons (Fsp3) is 0.571. The Morgan fingerprint density at radius 1 is 1.15 bits per heavy atom. The van der Waals surface area contributed by atoms with Crippen LogP contribution in [0.5, 0.6) is 0 Å². The van der Waals surface area contributed by atoms with Crippen LogP contribution in [0.2, 0.25) is 0 Å². The van der Waals surface area contributed by atoms with Crippen molar-refractivity contribution in [1.29, 1.82) is 0 Å². The molecule has 6 heteroatoms. The molecule has 1 aromatic rings. The first kappa shape index (κ1) is 14.4. The third-order valence-corrected chi connectivity index (χ3v) is 3.60. The molecule has 0 atom stereocenters. The zero-order valence-corrected chi connectivity index (χ0v) is 12.0. The molecule has 1 saturated heterocycles. The Balaban J connectivity index is 1.89. The van der Waals surface area contributed by atoms with Gasteiger partial charge in [0, 0.05) is 39.3 Å². The van der Waals surface area contributed by atoms with Gasteiger partial charge >= 0.3 is 6.03 Å². The van der Waals surface area contributed by atoms with Crippen LogP contribution in [0.25, 0.3) is 0 Å². The number of hydrogen-bond donors (Lipinski definition) is 0. The summed E-state index contributed by atoms with van der Waals surface area (Å²) in [5.41, 5.74) is 0. The topological polar surface area (TPSA) is 57.0 Å². The van der Waals surface area contributed by atoms with Crippen LogP contribution in [-0.2, 0) is 0 Å². The number of piperazine rings is 1. The van der Waals surface area contributed by atoms with Crippen LogP contribution in [0.3, 0.4) is 0 Å². The molecule has 0 aromatic carbocycles. The maximum Gasteiger partial charge on any atom is 0.320 e. The van der Waals surface area contributed by atoms with E-state index in [1.54, 1.807) is 26.8 Å². The molecular formula is C14H21N3O3. The summed E-state index contributed by atoms with van der Waals surface area (Å²) in [4.78, 5) is 29.6. The van der Waals surface area contributed by atoms with Crippen molar-refractivity contribution in [3.05, 3.63) is 24.2 Å². The first-order valence-electron chi connectivity index (χ1n) is 7.04. The van der Waals surface area contributed by atoms with Crippen LogP contribution in [0, 0.1) is 0 Å². The van der Waals surface area contributed by atoms with Crippen molar-refractivity contribution in [1.82, 2.24) is 14.7 Å². The number of rotatable bonds is 3. The molecule has 110 valence electrons. The summed E-state index contributed by atoms with van der Waals surface area (Å²) >= 11 is 0. The molecule has 0 bridgehead atoms. The number of amides is 3. The SMILES string of the molecule is CCN(CC)C(=O)N1CCN(C(=O)c2ccco2)CC1. The van der Waals surface area contributed by atoms with E-state index in [9.17, 15) is 9.59 Å². The van der Waals surface area contributed by atoms with E-state index < -0.39 is 0 Å². The van der Waals surface area contributed by atoms with Crippen LogP contribution in [-0.4, -0.2) is 65.9 Å². The van der Waals surface area contributed by atoms with E-state index >= 15 is 0 Å². The van der Waals surface area contributed by atoms with E-state index in [1.807, 2.05) is 13.8 Å². The Bertz CT molecular complexity index is 446. The smallest absolute Gasteiger partial charge is 0.320 e. The summed E-state index contributed by atoms with van der Waals surface area (Å²) in [6.45, 7) is 7.60. The molecule has 0 unspecified atom stereocenters. The van der Waals surface area contributed by atoms with E-state index in [-0.39, 0.29) is 11.9 Å². The first-order valence-corrected chi connectivity index (χ1v) is 7.04. The van der Waals surface area contributed by atoms with Crippen LogP contribution >= 0.6 is 0 Å². The van der Waals surface area contributed by atoms with Crippen molar-refractivity contribution in [2.45, 2.75) is 13.8 Å². The molecule has 20 heavy (non-hydrogen) atoms. The van der Waals surface area contributed by atoms with Gasteiger partial charge in [-0.3, -0.25) is 4.79 Å². The fourth-order valence-electron chi connectivity index (χ4n) is 2.35. The predicted octanol–water partition coefficient (Wildman–Crippen LogP) is 1.50. The van der Waals surface area contributed by atoms with Gasteiger partial charge in [0.2, 0.25) is 0 Å². The minimum absolute atomic E-state index is 0.0556. The first-order chi connectivity index (χ1) is 9.67. The Hall–Kier alpha value is -1.98. The minimum Gasteiger partial charge on any atom is -0.459 e. The summed E-state index contributed by atoms with van der Waals surface area (Å²) in [7, 11) is 0. The third kappa shape index (κ3) is 2.95. The summed E-state index contributed by atoms with van der Waals surface area (Å²) in [5.74, 6) is 0.249. The second-order valence-corrected chi connectivity index (χ2v) is 4.71. The summed E-state index contributed by atoms with van der Waals surface area (Å²) in [6.07, 6.45) is 1.49. The summed E-state index contributed by atoms with van der Waals surface area (Å²) in [6, 6.07) is 3.42. The highest BCUT2D eigenvalue weighted by Gasteiger charge is 2.27. The molecule has 3 amide bonds. The van der Waals surface area contributed by atoms with E-state index in [2.05, 4.69) is 0 Å². The molecule has 1 fully saturated rings. The fourth-order valence-corrected chi connectivity index (χ4v) is 2.35. The second-order valence-electron chi connectivity index (χ2n) is 4.71. The summed E-state index contributed by atoms with van der Waals surface area (Å²) < 4.78 is 5.12. The van der Waals surface area contributed by atoms with Gasteiger partial charge < -0.3 is 19.1 Å². The zero-order chi connectivity index (χ0) is 14.5. The van der Waals surface area contributed by atoms with E-state index in [4.69, 9.17) is 4.42 Å². The highest BCUT2D eigenvalue weighted by atomic mass is 16.3. The number of hydrogen-bond acceptors (Lipinski definition) is 3. The molecular weight excluding hydrogens is 258 g/mol. The predicted molar refractivity (Wildman–Crippen MR) is 74.5 cm³/mol. The van der Waals surface area contributed by atoms with Crippen molar-refractivity contribution >= 4 is 11.9 Å². The highest BCUT2D eigenvalue weighted by Crippen LogP contribution is 2.10. The summed E-state index contributed by atoms with van der Waals surface area (Å²) in [5, 5.41) is 0. The number of carbonyl (C=O) groups is 2. The number of carbonyl (C=O) groups excluding carboxylic acids is 2. The van der Waals surface area contributed by atoms with Crippen molar-refractivity contribution < 1.29 is 14.0 Å². The van der Waals surface area contributed by atoms with Crippen LogP contribution in [0.4, 0.5) is 4.79 Å². The van der Waals surface area contributed by atoms with Crippen LogP contribution < -0.4 is 0 Å². The van der Waals surface area contributed by atoms with Gasteiger partial charge in [-0.25, -0.2) is 4.79 Å². The molecule has 0 radical (unpaired) electrons. The Labute approximate surface area is 118 Å². The monoisotopic (exact) mass is 279 g/mol. The van der Waals surface area contributed by atoms with E-state index in [0.29, 0.717) is 45.0 Å². The molecule has 1 aliphatic heterocycles. The van der Waals surface area contributed by atoms with Crippen LogP contribution in [0.15, 0.2) is 22.8 Å². The number of furan rings is 1. The van der Waals surface area contributed by atoms with Crippen molar-refractivity contribution in [2.24, 2.45) is 0 Å². The van der Waals surface area contributed by atoms with Crippen LogP contribution in [0.1, 0.15) is 24.4 Å². The highest BCUT2D eigenvalue weighted by molar-refractivity contribution is 5.91. The van der Waals surface area contributed by atoms with Gasteiger partial charge in [0.15, 0.2) is 5.76 Å². The van der Waals surface area contributed by atoms with Gasteiger partial charge in [-0.15, -0.1) is 0 Å². The molecule has 6 nitrogen and oxygen atoms in total. The molecule has 2 rings (SSSR count). The average Bonchev–Trinajstić information content (AvgIpc) is 3.02. The third-order valence-electron chi connectivity index (χ3n) is 3.60. The van der Waals surface area contributed by atoms with Gasteiger partial charge in [0.05, 0.1) is 6.26 Å².